The fraction of sp³-hybridized carbons (Fsp3) is 0.706. The Balaban J connectivity index is 2.01. The first-order valence-electron chi connectivity index (χ1n) is 8.63. The number of piperazine rings is 1. The van der Waals surface area contributed by atoms with Gasteiger partial charge in [-0.2, -0.15) is 5.10 Å². The first-order chi connectivity index (χ1) is 11.3. The van der Waals surface area contributed by atoms with E-state index in [4.69, 9.17) is 0 Å². The number of carbonyl (C=O) groups is 2. The second-order valence-corrected chi connectivity index (χ2v) is 6.66. The van der Waals surface area contributed by atoms with Gasteiger partial charge in [-0.1, -0.05) is 0 Å². The first-order valence-corrected chi connectivity index (χ1v) is 8.63. The molecule has 1 N–H and O–H groups in total. The number of nitrogens with zero attached hydrogens (tertiary/aromatic N) is 4. The van der Waals surface area contributed by atoms with Crippen LogP contribution in [0, 0.1) is 6.92 Å². The van der Waals surface area contributed by atoms with Crippen molar-refractivity contribution in [3.8, 4) is 0 Å². The highest BCUT2D eigenvalue weighted by Crippen LogP contribution is 2.15. The summed E-state index contributed by atoms with van der Waals surface area (Å²) in [5, 5.41) is 7.18. The Morgan fingerprint density at radius 3 is 2.79 bits per heavy atom. The third kappa shape index (κ3) is 3.95. The van der Waals surface area contributed by atoms with Crippen molar-refractivity contribution < 1.29 is 9.59 Å². The van der Waals surface area contributed by atoms with Crippen LogP contribution in [0.25, 0.3) is 0 Å². The minimum Gasteiger partial charge on any atom is -0.353 e. The molecule has 7 heteroatoms. The smallest absolute Gasteiger partial charge is 0.237 e. The van der Waals surface area contributed by atoms with Gasteiger partial charge in [0.05, 0.1) is 18.7 Å². The average Bonchev–Trinajstić information content (AvgIpc) is 2.89. The molecule has 2 heterocycles. The Kier molecular flexibility index (Phi) is 5.99. The predicted octanol–water partition coefficient (Wildman–Crippen LogP) is 0.769. The van der Waals surface area contributed by atoms with Crippen LogP contribution < -0.4 is 5.32 Å². The van der Waals surface area contributed by atoms with Gasteiger partial charge in [0, 0.05) is 50.5 Å². The van der Waals surface area contributed by atoms with Crippen molar-refractivity contribution in [1.82, 2.24) is 24.9 Å². The zero-order chi connectivity index (χ0) is 17.9. The van der Waals surface area contributed by atoms with Crippen molar-refractivity contribution in [2.75, 3.05) is 20.1 Å². The zero-order valence-corrected chi connectivity index (χ0v) is 15.4. The van der Waals surface area contributed by atoms with Crippen LogP contribution >= 0.6 is 0 Å². The molecule has 1 aromatic rings. The summed E-state index contributed by atoms with van der Waals surface area (Å²) in [6.07, 6.45) is 2.03. The van der Waals surface area contributed by atoms with E-state index in [2.05, 4.69) is 29.2 Å². The Labute approximate surface area is 144 Å². The molecular formula is C17H29N5O2. The largest absolute Gasteiger partial charge is 0.353 e. The lowest BCUT2D eigenvalue weighted by Gasteiger charge is -2.38. The SMILES string of the molecule is CCn1ncc(CN(C)C(=O)C[C@@H]2C(=O)NCCN2C(C)C)c1C. The van der Waals surface area contributed by atoms with Crippen LogP contribution in [0.4, 0.5) is 0 Å². The van der Waals surface area contributed by atoms with E-state index in [1.165, 1.54) is 0 Å². The van der Waals surface area contributed by atoms with Crippen molar-refractivity contribution in [1.29, 1.82) is 0 Å². The summed E-state index contributed by atoms with van der Waals surface area (Å²) in [6, 6.07) is -0.141. The molecule has 0 aliphatic carbocycles. The molecule has 24 heavy (non-hydrogen) atoms. The fourth-order valence-corrected chi connectivity index (χ4v) is 3.18. The summed E-state index contributed by atoms with van der Waals surface area (Å²) >= 11 is 0. The highest BCUT2D eigenvalue weighted by Gasteiger charge is 2.33. The molecule has 1 saturated heterocycles. The minimum absolute atomic E-state index is 0.0219. The van der Waals surface area contributed by atoms with Gasteiger partial charge in [-0.3, -0.25) is 19.2 Å². The molecule has 7 nitrogen and oxygen atoms in total. The molecule has 2 amide bonds. The summed E-state index contributed by atoms with van der Waals surface area (Å²) in [4.78, 5) is 28.6. The number of amides is 2. The Bertz CT molecular complexity index is 596. The Morgan fingerprint density at radius 1 is 1.50 bits per heavy atom. The van der Waals surface area contributed by atoms with E-state index in [9.17, 15) is 9.59 Å². The molecule has 0 saturated carbocycles. The van der Waals surface area contributed by atoms with Crippen LogP contribution in [-0.2, 0) is 22.7 Å². The standard InChI is InChI=1S/C17H29N5O2/c1-6-22-13(4)14(10-19-22)11-20(5)16(23)9-15-17(24)18-7-8-21(15)12(2)3/h10,12,15H,6-9,11H2,1-5H3,(H,18,24)/t15-/m1/s1. The van der Waals surface area contributed by atoms with Gasteiger partial charge in [-0.25, -0.2) is 0 Å². The maximum absolute atomic E-state index is 12.6. The quantitative estimate of drug-likeness (QED) is 0.834. The molecule has 0 radical (unpaired) electrons. The van der Waals surface area contributed by atoms with Crippen LogP contribution in [0.2, 0.25) is 0 Å². The molecule has 1 fully saturated rings. The topological polar surface area (TPSA) is 70.5 Å². The molecule has 0 bridgehead atoms. The van der Waals surface area contributed by atoms with Crippen molar-refractivity contribution in [2.45, 2.75) is 59.3 Å². The van der Waals surface area contributed by atoms with Gasteiger partial charge in [-0.15, -0.1) is 0 Å². The van der Waals surface area contributed by atoms with Crippen LogP contribution in [0.5, 0.6) is 0 Å². The second-order valence-electron chi connectivity index (χ2n) is 6.66. The normalized spacial score (nSPS) is 18.8. The summed E-state index contributed by atoms with van der Waals surface area (Å²) in [5.74, 6) is -0.0713. The van der Waals surface area contributed by atoms with E-state index in [0.29, 0.717) is 13.1 Å². The van der Waals surface area contributed by atoms with Crippen LogP contribution in [0.15, 0.2) is 6.20 Å². The van der Waals surface area contributed by atoms with E-state index < -0.39 is 0 Å². The highest BCUT2D eigenvalue weighted by atomic mass is 16.2. The number of nitrogens with one attached hydrogen (secondary N) is 1. The molecule has 0 spiro atoms. The van der Waals surface area contributed by atoms with E-state index in [1.54, 1.807) is 11.9 Å². The number of carbonyl (C=O) groups excluding carboxylic acids is 2. The van der Waals surface area contributed by atoms with Gasteiger partial charge in [-0.05, 0) is 27.7 Å². The van der Waals surface area contributed by atoms with Gasteiger partial charge in [0.2, 0.25) is 11.8 Å². The lowest BCUT2D eigenvalue weighted by Crippen LogP contribution is -2.58. The molecule has 1 atom stereocenters. The Morgan fingerprint density at radius 2 is 2.21 bits per heavy atom. The van der Waals surface area contributed by atoms with Gasteiger partial charge < -0.3 is 10.2 Å². The number of rotatable bonds is 6. The molecular weight excluding hydrogens is 306 g/mol. The summed E-state index contributed by atoms with van der Waals surface area (Å²) in [6.45, 7) is 10.9. The summed E-state index contributed by atoms with van der Waals surface area (Å²) < 4.78 is 1.92. The third-order valence-electron chi connectivity index (χ3n) is 4.74. The van der Waals surface area contributed by atoms with Gasteiger partial charge >= 0.3 is 0 Å². The monoisotopic (exact) mass is 335 g/mol. The van der Waals surface area contributed by atoms with E-state index in [0.717, 1.165) is 24.3 Å². The number of aromatic nitrogens is 2. The van der Waals surface area contributed by atoms with Crippen LogP contribution in [0.1, 0.15) is 38.4 Å². The summed E-state index contributed by atoms with van der Waals surface area (Å²) in [5.41, 5.74) is 2.12. The maximum atomic E-state index is 12.6. The van der Waals surface area contributed by atoms with E-state index in [-0.39, 0.29) is 30.3 Å². The highest BCUT2D eigenvalue weighted by molar-refractivity contribution is 5.88. The van der Waals surface area contributed by atoms with Crippen molar-refractivity contribution in [2.24, 2.45) is 0 Å². The van der Waals surface area contributed by atoms with Gasteiger partial charge in [0.15, 0.2) is 0 Å². The van der Waals surface area contributed by atoms with E-state index in [1.807, 2.05) is 24.7 Å². The zero-order valence-electron chi connectivity index (χ0n) is 15.4. The molecule has 0 unspecified atom stereocenters. The minimum atomic E-state index is -0.381. The molecule has 1 aliphatic heterocycles. The van der Waals surface area contributed by atoms with Gasteiger partial charge in [0.25, 0.3) is 0 Å². The predicted molar refractivity (Wildman–Crippen MR) is 92.4 cm³/mol. The number of aryl methyl sites for hydroxylation is 1. The molecule has 0 aromatic carbocycles. The first kappa shape index (κ1) is 18.4. The fourth-order valence-electron chi connectivity index (χ4n) is 3.18. The second kappa shape index (κ2) is 7.79. The third-order valence-corrected chi connectivity index (χ3v) is 4.74. The van der Waals surface area contributed by atoms with E-state index >= 15 is 0 Å². The molecule has 1 aliphatic rings. The van der Waals surface area contributed by atoms with Crippen molar-refractivity contribution in [3.63, 3.8) is 0 Å². The lowest BCUT2D eigenvalue weighted by atomic mass is 10.1. The Hall–Kier alpha value is -1.89. The molecule has 2 rings (SSSR count). The van der Waals surface area contributed by atoms with Crippen molar-refractivity contribution >= 4 is 11.8 Å². The van der Waals surface area contributed by atoms with Crippen LogP contribution in [-0.4, -0.2) is 63.6 Å². The van der Waals surface area contributed by atoms with Gasteiger partial charge in [0.1, 0.15) is 0 Å². The average molecular weight is 335 g/mol. The molecule has 134 valence electrons. The summed E-state index contributed by atoms with van der Waals surface area (Å²) in [7, 11) is 1.78. The maximum Gasteiger partial charge on any atom is 0.237 e. The number of hydrogen-bond acceptors (Lipinski definition) is 4. The molecule has 1 aromatic heterocycles. The van der Waals surface area contributed by atoms with Crippen molar-refractivity contribution in [3.05, 3.63) is 17.5 Å². The van der Waals surface area contributed by atoms with Crippen LogP contribution in [0.3, 0.4) is 0 Å². The number of hydrogen-bond donors (Lipinski definition) is 1. The lowest BCUT2D eigenvalue weighted by molar-refractivity contribution is -0.139.